The second-order valence-electron chi connectivity index (χ2n) is 6.05. The maximum atomic E-state index is 12.4. The van der Waals surface area contributed by atoms with E-state index in [0.717, 1.165) is 37.2 Å². The molecule has 1 aliphatic rings. The van der Waals surface area contributed by atoms with Crippen molar-refractivity contribution >= 4 is 11.9 Å². The van der Waals surface area contributed by atoms with Crippen molar-refractivity contribution in [3.8, 4) is 5.75 Å². The fourth-order valence-electron chi connectivity index (χ4n) is 2.90. The van der Waals surface area contributed by atoms with Crippen LogP contribution >= 0.6 is 0 Å². The lowest BCUT2D eigenvalue weighted by Gasteiger charge is -2.33. The van der Waals surface area contributed by atoms with Crippen molar-refractivity contribution in [2.75, 3.05) is 38.2 Å². The largest absolute Gasteiger partial charge is 0.497 e. The van der Waals surface area contributed by atoms with Gasteiger partial charge in [-0.05, 0) is 24.1 Å². The van der Waals surface area contributed by atoms with Crippen molar-refractivity contribution < 1.29 is 13.9 Å². The minimum atomic E-state index is 0.183. The van der Waals surface area contributed by atoms with Gasteiger partial charge in [-0.15, -0.1) is 5.10 Å². The van der Waals surface area contributed by atoms with Crippen LogP contribution in [0.15, 0.2) is 28.7 Å². The Balaban J connectivity index is 1.48. The number of carbonyl (C=O) groups excluding carboxylic acids is 1. The summed E-state index contributed by atoms with van der Waals surface area (Å²) in [6.45, 7) is 4.78. The third kappa shape index (κ3) is 4.29. The first kappa shape index (κ1) is 17.3. The molecule has 7 nitrogen and oxygen atoms in total. The molecule has 25 heavy (non-hydrogen) atoms. The first-order valence-corrected chi connectivity index (χ1v) is 8.67. The summed E-state index contributed by atoms with van der Waals surface area (Å²) in [5.74, 6) is 1.65. The van der Waals surface area contributed by atoms with Gasteiger partial charge in [0, 0.05) is 39.0 Å². The predicted molar refractivity (Wildman–Crippen MR) is 93.8 cm³/mol. The number of piperazine rings is 1. The molecule has 1 aliphatic heterocycles. The van der Waals surface area contributed by atoms with E-state index in [2.05, 4.69) is 10.2 Å². The first-order valence-electron chi connectivity index (χ1n) is 8.67. The van der Waals surface area contributed by atoms with Gasteiger partial charge < -0.3 is 19.0 Å². The number of rotatable bonds is 6. The SMILES string of the molecule is CCc1nnc(N2CCN(C(=O)CCc3cccc(OC)c3)CC2)o1. The van der Waals surface area contributed by atoms with E-state index in [9.17, 15) is 4.79 Å². The first-order chi connectivity index (χ1) is 12.2. The molecule has 0 radical (unpaired) electrons. The number of carbonyl (C=O) groups is 1. The minimum Gasteiger partial charge on any atom is -0.497 e. The molecule has 1 saturated heterocycles. The summed E-state index contributed by atoms with van der Waals surface area (Å²) in [5.41, 5.74) is 1.12. The highest BCUT2D eigenvalue weighted by Gasteiger charge is 2.23. The van der Waals surface area contributed by atoms with Crippen LogP contribution in [0.3, 0.4) is 0 Å². The molecule has 7 heteroatoms. The highest BCUT2D eigenvalue weighted by Crippen LogP contribution is 2.17. The number of hydrogen-bond donors (Lipinski definition) is 0. The van der Waals surface area contributed by atoms with Gasteiger partial charge in [-0.25, -0.2) is 0 Å². The molecule has 134 valence electrons. The van der Waals surface area contributed by atoms with Gasteiger partial charge in [0.2, 0.25) is 11.8 Å². The Morgan fingerprint density at radius 2 is 2.04 bits per heavy atom. The van der Waals surface area contributed by atoms with Crippen LogP contribution in [0.2, 0.25) is 0 Å². The van der Waals surface area contributed by atoms with E-state index in [0.29, 0.717) is 31.4 Å². The Bertz CT molecular complexity index is 708. The Hall–Kier alpha value is -2.57. The van der Waals surface area contributed by atoms with Crippen LogP contribution in [0.1, 0.15) is 24.8 Å². The number of hydrogen-bond acceptors (Lipinski definition) is 6. The quantitative estimate of drug-likeness (QED) is 0.797. The third-order valence-electron chi connectivity index (χ3n) is 4.42. The van der Waals surface area contributed by atoms with Gasteiger partial charge in [0.05, 0.1) is 7.11 Å². The lowest BCUT2D eigenvalue weighted by Crippen LogP contribution is -2.49. The van der Waals surface area contributed by atoms with Crippen LogP contribution in [-0.4, -0.2) is 54.3 Å². The van der Waals surface area contributed by atoms with Crippen LogP contribution in [0.4, 0.5) is 6.01 Å². The molecule has 2 heterocycles. The Morgan fingerprint density at radius 1 is 1.24 bits per heavy atom. The molecule has 0 atom stereocenters. The van der Waals surface area contributed by atoms with Crippen LogP contribution in [0, 0.1) is 0 Å². The molecule has 0 spiro atoms. The lowest BCUT2D eigenvalue weighted by atomic mass is 10.1. The van der Waals surface area contributed by atoms with Crippen LogP contribution in [0.25, 0.3) is 0 Å². The standard InChI is InChI=1S/C18H24N4O3/c1-3-16-19-20-18(25-16)22-11-9-21(10-12-22)17(23)8-7-14-5-4-6-15(13-14)24-2/h4-6,13H,3,7-12H2,1-2H3. The third-order valence-corrected chi connectivity index (χ3v) is 4.42. The predicted octanol–water partition coefficient (Wildman–Crippen LogP) is 1.92. The molecular formula is C18H24N4O3. The number of nitrogens with zero attached hydrogens (tertiary/aromatic N) is 4. The fourth-order valence-corrected chi connectivity index (χ4v) is 2.90. The molecule has 3 rings (SSSR count). The molecule has 1 aromatic heterocycles. The highest BCUT2D eigenvalue weighted by atomic mass is 16.5. The van der Waals surface area contributed by atoms with E-state index >= 15 is 0 Å². The van der Waals surface area contributed by atoms with E-state index in [1.165, 1.54) is 0 Å². The number of aromatic nitrogens is 2. The zero-order valence-corrected chi connectivity index (χ0v) is 14.8. The maximum absolute atomic E-state index is 12.4. The number of aryl methyl sites for hydroxylation is 2. The van der Waals surface area contributed by atoms with E-state index in [1.807, 2.05) is 41.0 Å². The second kappa shape index (κ2) is 8.00. The Kier molecular flexibility index (Phi) is 5.53. The number of benzene rings is 1. The Morgan fingerprint density at radius 3 is 2.72 bits per heavy atom. The zero-order valence-electron chi connectivity index (χ0n) is 14.8. The van der Waals surface area contributed by atoms with Gasteiger partial charge in [-0.1, -0.05) is 24.2 Å². The van der Waals surface area contributed by atoms with Crippen molar-refractivity contribution in [3.05, 3.63) is 35.7 Å². The Labute approximate surface area is 147 Å². The van der Waals surface area contributed by atoms with Crippen LogP contribution in [0.5, 0.6) is 5.75 Å². The highest BCUT2D eigenvalue weighted by molar-refractivity contribution is 5.76. The van der Waals surface area contributed by atoms with Gasteiger partial charge >= 0.3 is 6.01 Å². The lowest BCUT2D eigenvalue weighted by molar-refractivity contribution is -0.131. The molecule has 0 N–H and O–H groups in total. The molecule has 0 saturated carbocycles. The molecule has 0 aliphatic carbocycles. The van der Waals surface area contributed by atoms with Crippen molar-refractivity contribution in [3.63, 3.8) is 0 Å². The number of ether oxygens (including phenoxy) is 1. The van der Waals surface area contributed by atoms with Gasteiger partial charge in [0.15, 0.2) is 0 Å². The van der Waals surface area contributed by atoms with Gasteiger partial charge in [0.25, 0.3) is 0 Å². The topological polar surface area (TPSA) is 71.7 Å². The summed E-state index contributed by atoms with van der Waals surface area (Å²) < 4.78 is 10.8. The number of anilines is 1. The number of methoxy groups -OCH3 is 1. The second-order valence-corrected chi connectivity index (χ2v) is 6.05. The summed E-state index contributed by atoms with van der Waals surface area (Å²) in [6.07, 6.45) is 1.96. The minimum absolute atomic E-state index is 0.183. The smallest absolute Gasteiger partial charge is 0.318 e. The van der Waals surface area contributed by atoms with Crippen molar-refractivity contribution in [1.82, 2.24) is 15.1 Å². The molecule has 0 unspecified atom stereocenters. The molecule has 1 fully saturated rings. The van der Waals surface area contributed by atoms with Gasteiger partial charge in [-0.2, -0.15) is 0 Å². The van der Waals surface area contributed by atoms with Gasteiger partial charge in [0.1, 0.15) is 5.75 Å². The number of amides is 1. The van der Waals surface area contributed by atoms with E-state index < -0.39 is 0 Å². The summed E-state index contributed by atoms with van der Waals surface area (Å²) in [4.78, 5) is 16.4. The molecule has 1 aromatic carbocycles. The maximum Gasteiger partial charge on any atom is 0.318 e. The summed E-state index contributed by atoms with van der Waals surface area (Å²) in [5, 5.41) is 8.06. The molecule has 2 aromatic rings. The zero-order chi connectivity index (χ0) is 17.6. The van der Waals surface area contributed by atoms with Crippen LogP contribution in [-0.2, 0) is 17.6 Å². The van der Waals surface area contributed by atoms with E-state index in [4.69, 9.17) is 9.15 Å². The van der Waals surface area contributed by atoms with Crippen molar-refractivity contribution in [2.45, 2.75) is 26.2 Å². The summed E-state index contributed by atoms with van der Waals surface area (Å²) >= 11 is 0. The van der Waals surface area contributed by atoms with E-state index in [-0.39, 0.29) is 5.91 Å². The molecule has 1 amide bonds. The fraction of sp³-hybridized carbons (Fsp3) is 0.500. The average Bonchev–Trinajstić information content (AvgIpc) is 3.15. The summed E-state index contributed by atoms with van der Waals surface area (Å²) in [6, 6.07) is 8.42. The monoisotopic (exact) mass is 344 g/mol. The van der Waals surface area contributed by atoms with Crippen molar-refractivity contribution in [2.24, 2.45) is 0 Å². The van der Waals surface area contributed by atoms with Crippen LogP contribution < -0.4 is 9.64 Å². The van der Waals surface area contributed by atoms with Crippen molar-refractivity contribution in [1.29, 1.82) is 0 Å². The average molecular weight is 344 g/mol. The molecular weight excluding hydrogens is 320 g/mol. The summed E-state index contributed by atoms with van der Waals surface area (Å²) in [7, 11) is 1.65. The van der Waals surface area contributed by atoms with E-state index in [1.54, 1.807) is 7.11 Å². The molecule has 0 bridgehead atoms. The normalized spacial score (nSPS) is 14.6. The van der Waals surface area contributed by atoms with Gasteiger partial charge in [-0.3, -0.25) is 4.79 Å².